The minimum atomic E-state index is -0.655. The lowest BCUT2D eigenvalue weighted by Gasteiger charge is -2.29. The molecule has 0 saturated carbocycles. The molecule has 0 aliphatic rings. The van der Waals surface area contributed by atoms with Crippen molar-refractivity contribution in [3.05, 3.63) is 64.7 Å². The van der Waals surface area contributed by atoms with Crippen LogP contribution in [0.4, 0.5) is 4.79 Å². The molecule has 2 rings (SSSR count). The van der Waals surface area contributed by atoms with Gasteiger partial charge in [-0.15, -0.1) is 0 Å². The third-order valence-corrected chi connectivity index (χ3v) is 4.57. The van der Waals surface area contributed by atoms with Gasteiger partial charge in [0, 0.05) is 18.7 Å². The zero-order valence-electron chi connectivity index (χ0n) is 15.3. The summed E-state index contributed by atoms with van der Waals surface area (Å²) in [4.78, 5) is 12.1. The molecule has 0 aliphatic heterocycles. The molecule has 0 bridgehead atoms. The summed E-state index contributed by atoms with van der Waals surface area (Å²) >= 11 is 6.05. The van der Waals surface area contributed by atoms with Crippen LogP contribution >= 0.6 is 11.6 Å². The molecule has 0 heterocycles. The molecule has 2 amide bonds. The van der Waals surface area contributed by atoms with Crippen molar-refractivity contribution in [2.45, 2.75) is 18.9 Å². The maximum absolute atomic E-state index is 12.1. The predicted molar refractivity (Wildman–Crippen MR) is 104 cm³/mol. The number of benzene rings is 2. The van der Waals surface area contributed by atoms with Gasteiger partial charge < -0.3 is 20.1 Å². The van der Waals surface area contributed by atoms with Crippen LogP contribution in [0, 0.1) is 0 Å². The normalized spacial score (nSPS) is 12.9. The fourth-order valence-corrected chi connectivity index (χ4v) is 2.72. The van der Waals surface area contributed by atoms with Gasteiger partial charge in [0.05, 0.1) is 13.7 Å². The van der Waals surface area contributed by atoms with Gasteiger partial charge in [-0.25, -0.2) is 4.79 Å². The molecule has 2 N–H and O–H groups in total. The number of amides is 2. The van der Waals surface area contributed by atoms with Crippen LogP contribution in [0.3, 0.4) is 0 Å². The highest BCUT2D eigenvalue weighted by Crippen LogP contribution is 2.26. The zero-order valence-corrected chi connectivity index (χ0v) is 16.1. The summed E-state index contributed by atoms with van der Waals surface area (Å²) in [7, 11) is 3.25. The number of ether oxygens (including phenoxy) is 2. The van der Waals surface area contributed by atoms with Crippen LogP contribution in [0.25, 0.3) is 0 Å². The second-order valence-corrected chi connectivity index (χ2v) is 6.59. The van der Waals surface area contributed by atoms with Crippen LogP contribution in [-0.4, -0.2) is 33.3 Å². The highest BCUT2D eigenvalue weighted by Gasteiger charge is 2.27. The Labute approximate surface area is 159 Å². The number of carbonyl (C=O) groups excluding carboxylic acids is 1. The quantitative estimate of drug-likeness (QED) is 0.737. The van der Waals surface area contributed by atoms with Crippen LogP contribution in [-0.2, 0) is 16.8 Å². The number of hydrogen-bond donors (Lipinski definition) is 2. The van der Waals surface area contributed by atoms with E-state index in [0.29, 0.717) is 18.1 Å². The zero-order chi connectivity index (χ0) is 19.0. The molecule has 2 aromatic carbocycles. The summed E-state index contributed by atoms with van der Waals surface area (Å²) in [6.45, 7) is 2.79. The van der Waals surface area contributed by atoms with Crippen molar-refractivity contribution < 1.29 is 14.3 Å². The first-order valence-corrected chi connectivity index (χ1v) is 8.80. The van der Waals surface area contributed by atoms with E-state index in [1.165, 1.54) is 0 Å². The SMILES string of the molecule is COc1ccc(CCNC(=O)NC[C@](C)(OC)c2cccc(Cl)c2)cc1. The van der Waals surface area contributed by atoms with Gasteiger partial charge in [0.2, 0.25) is 0 Å². The van der Waals surface area contributed by atoms with E-state index < -0.39 is 5.60 Å². The first kappa shape index (κ1) is 20.1. The van der Waals surface area contributed by atoms with Crippen LogP contribution in [0.15, 0.2) is 48.5 Å². The third-order valence-electron chi connectivity index (χ3n) is 4.33. The standard InChI is InChI=1S/C20H25ClN2O3/c1-20(26-3,16-5-4-6-17(21)13-16)14-23-19(24)22-12-11-15-7-9-18(25-2)10-8-15/h4-10,13H,11-12,14H2,1-3H3,(H2,22,23,24)/t20-/m0/s1. The number of carbonyl (C=O) groups is 1. The Bertz CT molecular complexity index is 721. The van der Waals surface area contributed by atoms with Gasteiger partial charge in [-0.2, -0.15) is 0 Å². The lowest BCUT2D eigenvalue weighted by atomic mass is 9.96. The van der Waals surface area contributed by atoms with Crippen LogP contribution in [0.1, 0.15) is 18.1 Å². The van der Waals surface area contributed by atoms with Gasteiger partial charge in [-0.1, -0.05) is 35.9 Å². The van der Waals surface area contributed by atoms with Gasteiger partial charge in [-0.05, 0) is 48.7 Å². The van der Waals surface area contributed by atoms with E-state index in [2.05, 4.69) is 10.6 Å². The number of methoxy groups -OCH3 is 2. The maximum Gasteiger partial charge on any atom is 0.314 e. The molecule has 140 valence electrons. The Morgan fingerprint density at radius 1 is 1.12 bits per heavy atom. The van der Waals surface area contributed by atoms with Crippen molar-refractivity contribution in [3.8, 4) is 5.75 Å². The highest BCUT2D eigenvalue weighted by atomic mass is 35.5. The number of halogens is 1. The van der Waals surface area contributed by atoms with E-state index in [0.717, 1.165) is 23.3 Å². The molecule has 0 unspecified atom stereocenters. The number of hydrogen-bond acceptors (Lipinski definition) is 3. The molecular formula is C20H25ClN2O3. The van der Waals surface area contributed by atoms with Gasteiger partial charge in [0.25, 0.3) is 0 Å². The molecule has 0 aromatic heterocycles. The van der Waals surface area contributed by atoms with Crippen LogP contribution in [0.5, 0.6) is 5.75 Å². The third kappa shape index (κ3) is 5.64. The Hall–Kier alpha value is -2.24. The molecule has 5 nitrogen and oxygen atoms in total. The van der Waals surface area contributed by atoms with Gasteiger partial charge in [0.1, 0.15) is 11.4 Å². The second-order valence-electron chi connectivity index (χ2n) is 6.15. The lowest BCUT2D eigenvalue weighted by molar-refractivity contribution is 0.00489. The number of nitrogens with one attached hydrogen (secondary N) is 2. The summed E-state index contributed by atoms with van der Waals surface area (Å²) < 4.78 is 10.7. The van der Waals surface area contributed by atoms with Gasteiger partial charge in [-0.3, -0.25) is 0 Å². The summed E-state index contributed by atoms with van der Waals surface area (Å²) in [5.41, 5.74) is 1.39. The fraction of sp³-hybridized carbons (Fsp3) is 0.350. The van der Waals surface area contributed by atoms with Crippen LogP contribution in [0.2, 0.25) is 5.02 Å². The molecule has 2 aromatic rings. The van der Waals surface area contributed by atoms with E-state index in [4.69, 9.17) is 21.1 Å². The van der Waals surface area contributed by atoms with Crippen molar-refractivity contribution in [1.29, 1.82) is 0 Å². The Morgan fingerprint density at radius 2 is 1.85 bits per heavy atom. The van der Waals surface area contributed by atoms with Gasteiger partial charge >= 0.3 is 6.03 Å². The fourth-order valence-electron chi connectivity index (χ4n) is 2.53. The van der Waals surface area contributed by atoms with Crippen molar-refractivity contribution in [1.82, 2.24) is 10.6 Å². The topological polar surface area (TPSA) is 59.6 Å². The van der Waals surface area contributed by atoms with Crippen LogP contribution < -0.4 is 15.4 Å². The Morgan fingerprint density at radius 3 is 2.46 bits per heavy atom. The van der Waals surface area contributed by atoms with Crippen molar-refractivity contribution >= 4 is 17.6 Å². The predicted octanol–water partition coefficient (Wildman–Crippen LogP) is 3.75. The molecule has 0 saturated heterocycles. The molecule has 0 aliphatic carbocycles. The summed E-state index contributed by atoms with van der Waals surface area (Å²) in [5, 5.41) is 6.35. The molecule has 1 atom stereocenters. The molecule has 26 heavy (non-hydrogen) atoms. The van der Waals surface area contributed by atoms with Crippen molar-refractivity contribution in [3.63, 3.8) is 0 Å². The Kier molecular flexibility index (Phi) is 7.30. The maximum atomic E-state index is 12.1. The van der Waals surface area contributed by atoms with E-state index >= 15 is 0 Å². The van der Waals surface area contributed by atoms with Gasteiger partial charge in [0.15, 0.2) is 0 Å². The summed E-state index contributed by atoms with van der Waals surface area (Å²) in [6, 6.07) is 15.0. The minimum Gasteiger partial charge on any atom is -0.497 e. The average Bonchev–Trinajstić information content (AvgIpc) is 2.66. The molecule has 0 fully saturated rings. The monoisotopic (exact) mass is 376 g/mol. The number of rotatable bonds is 8. The summed E-state index contributed by atoms with van der Waals surface area (Å²) in [6.07, 6.45) is 0.743. The van der Waals surface area contributed by atoms with Crippen molar-refractivity contribution in [2.24, 2.45) is 0 Å². The van der Waals surface area contributed by atoms with E-state index in [9.17, 15) is 4.79 Å². The molecule has 0 spiro atoms. The van der Waals surface area contributed by atoms with E-state index in [1.807, 2.05) is 49.4 Å². The van der Waals surface area contributed by atoms with Crippen molar-refractivity contribution in [2.75, 3.05) is 27.3 Å². The van der Waals surface area contributed by atoms with E-state index in [1.54, 1.807) is 20.3 Å². The molecular weight excluding hydrogens is 352 g/mol. The molecule has 0 radical (unpaired) electrons. The smallest absolute Gasteiger partial charge is 0.314 e. The lowest BCUT2D eigenvalue weighted by Crippen LogP contribution is -2.44. The number of urea groups is 1. The minimum absolute atomic E-state index is 0.233. The highest BCUT2D eigenvalue weighted by molar-refractivity contribution is 6.30. The average molecular weight is 377 g/mol. The van der Waals surface area contributed by atoms with E-state index in [-0.39, 0.29) is 6.03 Å². The second kappa shape index (κ2) is 9.46. The Balaban J connectivity index is 1.81. The molecule has 6 heteroatoms. The first-order valence-electron chi connectivity index (χ1n) is 8.42. The largest absolute Gasteiger partial charge is 0.497 e. The first-order chi connectivity index (χ1) is 12.5. The summed E-state index contributed by atoms with van der Waals surface area (Å²) in [5.74, 6) is 0.819.